The highest BCUT2D eigenvalue weighted by atomic mass is 16.5. The van der Waals surface area contributed by atoms with E-state index in [1.54, 1.807) is 13.4 Å². The van der Waals surface area contributed by atoms with Gasteiger partial charge in [0, 0.05) is 39.9 Å². The lowest BCUT2D eigenvalue weighted by Gasteiger charge is -2.23. The number of aromatic nitrogens is 2. The first kappa shape index (κ1) is 14.0. The molecule has 0 spiro atoms. The van der Waals surface area contributed by atoms with Crippen LogP contribution in [0, 0.1) is 0 Å². The topological polar surface area (TPSA) is 61.7 Å². The SMILES string of the molecule is COCC(O)CN(C)c1cc(N2CCCC2)ncn1. The maximum absolute atomic E-state index is 9.74. The smallest absolute Gasteiger partial charge is 0.134 e. The average Bonchev–Trinajstić information content (AvgIpc) is 2.93. The second-order valence-corrected chi connectivity index (χ2v) is 4.92. The van der Waals surface area contributed by atoms with Gasteiger partial charge in [-0.25, -0.2) is 9.97 Å². The van der Waals surface area contributed by atoms with Crippen molar-refractivity contribution in [2.24, 2.45) is 0 Å². The van der Waals surface area contributed by atoms with Gasteiger partial charge in [-0.05, 0) is 12.8 Å². The third kappa shape index (κ3) is 3.78. The van der Waals surface area contributed by atoms with Crippen molar-refractivity contribution in [1.82, 2.24) is 9.97 Å². The number of hydrogen-bond donors (Lipinski definition) is 1. The van der Waals surface area contributed by atoms with Gasteiger partial charge in [0.25, 0.3) is 0 Å². The molecule has 1 unspecified atom stereocenters. The van der Waals surface area contributed by atoms with Gasteiger partial charge in [-0.3, -0.25) is 0 Å². The number of aliphatic hydroxyl groups excluding tert-OH is 1. The Morgan fingerprint density at radius 1 is 1.42 bits per heavy atom. The van der Waals surface area contributed by atoms with Crippen LogP contribution in [0.3, 0.4) is 0 Å². The second-order valence-electron chi connectivity index (χ2n) is 4.92. The minimum Gasteiger partial charge on any atom is -0.389 e. The van der Waals surface area contributed by atoms with E-state index in [0.29, 0.717) is 13.2 Å². The molecule has 0 amide bonds. The van der Waals surface area contributed by atoms with E-state index in [2.05, 4.69) is 14.9 Å². The molecule has 0 saturated carbocycles. The van der Waals surface area contributed by atoms with Crippen LogP contribution in [-0.4, -0.2) is 61.6 Å². The van der Waals surface area contributed by atoms with Gasteiger partial charge in [-0.2, -0.15) is 0 Å². The Hall–Kier alpha value is -1.40. The molecule has 1 aromatic rings. The molecule has 1 aliphatic rings. The Bertz CT molecular complexity index is 396. The van der Waals surface area contributed by atoms with Crippen molar-refractivity contribution >= 4 is 11.6 Å². The summed E-state index contributed by atoms with van der Waals surface area (Å²) in [7, 11) is 3.49. The lowest BCUT2D eigenvalue weighted by Crippen LogP contribution is -2.32. The van der Waals surface area contributed by atoms with Gasteiger partial charge in [0.15, 0.2) is 0 Å². The molecule has 106 valence electrons. The number of ether oxygens (including phenoxy) is 1. The van der Waals surface area contributed by atoms with E-state index in [1.165, 1.54) is 12.8 Å². The molecule has 19 heavy (non-hydrogen) atoms. The number of anilines is 2. The molecule has 1 atom stereocenters. The third-order valence-corrected chi connectivity index (χ3v) is 3.30. The van der Waals surface area contributed by atoms with Gasteiger partial charge < -0.3 is 19.6 Å². The Labute approximate surface area is 114 Å². The number of rotatable bonds is 6. The van der Waals surface area contributed by atoms with Gasteiger partial charge in [0.2, 0.25) is 0 Å². The van der Waals surface area contributed by atoms with Crippen LogP contribution in [0.25, 0.3) is 0 Å². The quantitative estimate of drug-likeness (QED) is 0.810. The van der Waals surface area contributed by atoms with E-state index in [4.69, 9.17) is 4.74 Å². The van der Waals surface area contributed by atoms with Crippen molar-refractivity contribution in [1.29, 1.82) is 0 Å². The highest BCUT2D eigenvalue weighted by Gasteiger charge is 2.16. The van der Waals surface area contributed by atoms with Crippen LogP contribution in [0.2, 0.25) is 0 Å². The highest BCUT2D eigenvalue weighted by Crippen LogP contribution is 2.20. The van der Waals surface area contributed by atoms with Crippen LogP contribution in [0.4, 0.5) is 11.6 Å². The normalized spacial score (nSPS) is 16.7. The molecule has 0 radical (unpaired) electrons. The standard InChI is InChI=1S/C13H22N4O2/c1-16(8-11(18)9-19-2)12-7-13(15-10-14-12)17-5-3-4-6-17/h7,10-11,18H,3-6,8-9H2,1-2H3. The first-order chi connectivity index (χ1) is 9.20. The lowest BCUT2D eigenvalue weighted by molar-refractivity contribution is 0.0694. The van der Waals surface area contributed by atoms with Crippen LogP contribution >= 0.6 is 0 Å². The highest BCUT2D eigenvalue weighted by molar-refractivity contribution is 5.50. The minimum absolute atomic E-state index is 0.328. The summed E-state index contributed by atoms with van der Waals surface area (Å²) in [5, 5.41) is 9.74. The first-order valence-electron chi connectivity index (χ1n) is 6.66. The van der Waals surface area contributed by atoms with Crippen LogP contribution in [0.5, 0.6) is 0 Å². The molecular formula is C13H22N4O2. The van der Waals surface area contributed by atoms with Gasteiger partial charge in [-0.1, -0.05) is 0 Å². The predicted molar refractivity (Wildman–Crippen MR) is 74.6 cm³/mol. The predicted octanol–water partition coefficient (Wildman–Crippen LogP) is 0.520. The fourth-order valence-electron chi connectivity index (χ4n) is 2.32. The zero-order valence-electron chi connectivity index (χ0n) is 11.6. The maximum atomic E-state index is 9.74. The van der Waals surface area contributed by atoms with Crippen LogP contribution in [0.1, 0.15) is 12.8 Å². The second kappa shape index (κ2) is 6.68. The molecule has 2 rings (SSSR count). The molecule has 6 heteroatoms. The zero-order valence-corrected chi connectivity index (χ0v) is 11.6. The molecule has 2 heterocycles. The molecule has 6 nitrogen and oxygen atoms in total. The summed E-state index contributed by atoms with van der Waals surface area (Å²) < 4.78 is 4.93. The average molecular weight is 266 g/mol. The molecule has 1 fully saturated rings. The number of likely N-dealkylation sites (N-methyl/N-ethyl adjacent to an activating group) is 1. The van der Waals surface area contributed by atoms with Gasteiger partial charge >= 0.3 is 0 Å². The minimum atomic E-state index is -0.514. The molecule has 0 aliphatic carbocycles. The maximum Gasteiger partial charge on any atom is 0.134 e. The summed E-state index contributed by atoms with van der Waals surface area (Å²) in [5.41, 5.74) is 0. The molecular weight excluding hydrogens is 244 g/mol. The molecule has 0 bridgehead atoms. The largest absolute Gasteiger partial charge is 0.389 e. The van der Waals surface area contributed by atoms with E-state index < -0.39 is 6.10 Å². The van der Waals surface area contributed by atoms with E-state index in [-0.39, 0.29) is 0 Å². The Morgan fingerprint density at radius 2 is 2.16 bits per heavy atom. The Kier molecular flexibility index (Phi) is 4.93. The van der Waals surface area contributed by atoms with E-state index in [0.717, 1.165) is 24.7 Å². The van der Waals surface area contributed by atoms with Gasteiger partial charge in [-0.15, -0.1) is 0 Å². The van der Waals surface area contributed by atoms with E-state index >= 15 is 0 Å². The van der Waals surface area contributed by atoms with E-state index in [1.807, 2.05) is 18.0 Å². The number of aliphatic hydroxyl groups is 1. The number of hydrogen-bond acceptors (Lipinski definition) is 6. The fraction of sp³-hybridized carbons (Fsp3) is 0.692. The Balaban J connectivity index is 2.01. The summed E-state index contributed by atoms with van der Waals surface area (Å²) in [6.07, 6.45) is 3.52. The van der Waals surface area contributed by atoms with Gasteiger partial charge in [0.05, 0.1) is 12.7 Å². The van der Waals surface area contributed by atoms with Crippen molar-refractivity contribution in [3.63, 3.8) is 0 Å². The molecule has 1 saturated heterocycles. The molecule has 1 N–H and O–H groups in total. The first-order valence-corrected chi connectivity index (χ1v) is 6.66. The van der Waals surface area contributed by atoms with E-state index in [9.17, 15) is 5.11 Å². The zero-order chi connectivity index (χ0) is 13.7. The van der Waals surface area contributed by atoms with Crippen LogP contribution in [0.15, 0.2) is 12.4 Å². The summed E-state index contributed by atoms with van der Waals surface area (Å²) >= 11 is 0. The van der Waals surface area contributed by atoms with Gasteiger partial charge in [0.1, 0.15) is 18.0 Å². The summed E-state index contributed by atoms with van der Waals surface area (Å²) in [6.45, 7) is 2.94. The Morgan fingerprint density at radius 3 is 2.84 bits per heavy atom. The molecule has 0 aromatic carbocycles. The van der Waals surface area contributed by atoms with Crippen LogP contribution < -0.4 is 9.80 Å². The fourth-order valence-corrected chi connectivity index (χ4v) is 2.32. The summed E-state index contributed by atoms with van der Waals surface area (Å²) in [6, 6.07) is 1.98. The van der Waals surface area contributed by atoms with Crippen molar-refractivity contribution in [3.8, 4) is 0 Å². The number of methoxy groups -OCH3 is 1. The number of nitrogens with zero attached hydrogens (tertiary/aromatic N) is 4. The molecule has 1 aromatic heterocycles. The van der Waals surface area contributed by atoms with Crippen molar-refractivity contribution in [3.05, 3.63) is 12.4 Å². The van der Waals surface area contributed by atoms with Crippen molar-refractivity contribution < 1.29 is 9.84 Å². The van der Waals surface area contributed by atoms with Crippen molar-refractivity contribution in [2.45, 2.75) is 18.9 Å². The third-order valence-electron chi connectivity index (χ3n) is 3.30. The van der Waals surface area contributed by atoms with Crippen molar-refractivity contribution in [2.75, 3.05) is 50.2 Å². The lowest BCUT2D eigenvalue weighted by atomic mass is 10.3. The summed E-state index contributed by atoms with van der Waals surface area (Å²) in [4.78, 5) is 12.8. The summed E-state index contributed by atoms with van der Waals surface area (Å²) in [5.74, 6) is 1.79. The van der Waals surface area contributed by atoms with Crippen LogP contribution in [-0.2, 0) is 4.74 Å². The monoisotopic (exact) mass is 266 g/mol. The molecule has 1 aliphatic heterocycles.